The van der Waals surface area contributed by atoms with Gasteiger partial charge in [-0.3, -0.25) is 14.9 Å². The summed E-state index contributed by atoms with van der Waals surface area (Å²) in [5, 5.41) is 11.4. The minimum atomic E-state index is -1.04. The number of urea groups is 1. The number of nitrogens with one attached hydrogen (secondary N) is 1. The molecule has 0 atom stereocenters. The van der Waals surface area contributed by atoms with Crippen LogP contribution in [0.1, 0.15) is 27.0 Å². The predicted octanol–water partition coefficient (Wildman–Crippen LogP) is 4.71. The molecule has 0 unspecified atom stereocenters. The summed E-state index contributed by atoms with van der Waals surface area (Å²) in [5.41, 5.74) is 2.29. The minimum absolute atomic E-state index is 0.0744. The third kappa shape index (κ3) is 5.54. The molecular weight excluding hydrogens is 544 g/mol. The Morgan fingerprint density at radius 1 is 1.08 bits per heavy atom. The van der Waals surface area contributed by atoms with E-state index in [2.05, 4.69) is 21.2 Å². The third-order valence-corrected chi connectivity index (χ3v) is 6.10. The number of methoxy groups -OCH3 is 1. The van der Waals surface area contributed by atoms with Gasteiger partial charge in [-0.15, -0.1) is 0 Å². The van der Waals surface area contributed by atoms with Crippen LogP contribution in [-0.2, 0) is 16.2 Å². The van der Waals surface area contributed by atoms with Crippen molar-refractivity contribution in [3.8, 4) is 11.5 Å². The van der Waals surface area contributed by atoms with E-state index in [1.165, 1.54) is 25.3 Å². The maximum atomic E-state index is 13.1. The van der Waals surface area contributed by atoms with Gasteiger partial charge in [0.25, 0.3) is 11.8 Å². The Labute approximate surface area is 220 Å². The van der Waals surface area contributed by atoms with Crippen molar-refractivity contribution in [1.82, 2.24) is 5.32 Å². The lowest BCUT2D eigenvalue weighted by atomic mass is 10.1. The Morgan fingerprint density at radius 3 is 2.49 bits per heavy atom. The van der Waals surface area contributed by atoms with Crippen molar-refractivity contribution in [1.29, 1.82) is 0 Å². The molecule has 1 saturated heterocycles. The van der Waals surface area contributed by atoms with E-state index in [9.17, 15) is 24.3 Å². The number of imide groups is 2. The van der Waals surface area contributed by atoms with E-state index in [4.69, 9.17) is 9.47 Å². The van der Waals surface area contributed by atoms with Crippen LogP contribution in [0.5, 0.6) is 11.5 Å². The van der Waals surface area contributed by atoms with Crippen molar-refractivity contribution in [2.75, 3.05) is 12.0 Å². The highest BCUT2D eigenvalue weighted by Crippen LogP contribution is 2.38. The summed E-state index contributed by atoms with van der Waals surface area (Å²) in [4.78, 5) is 50.2. The van der Waals surface area contributed by atoms with Gasteiger partial charge in [0.2, 0.25) is 0 Å². The van der Waals surface area contributed by atoms with Crippen LogP contribution in [0.2, 0.25) is 0 Å². The maximum Gasteiger partial charge on any atom is 0.335 e. The molecule has 4 rings (SSSR count). The number of rotatable bonds is 7. The van der Waals surface area contributed by atoms with E-state index in [0.29, 0.717) is 32.8 Å². The molecule has 0 saturated carbocycles. The molecule has 4 amide bonds. The second-order valence-corrected chi connectivity index (χ2v) is 8.98. The lowest BCUT2D eigenvalue weighted by Gasteiger charge is -2.26. The van der Waals surface area contributed by atoms with Crippen molar-refractivity contribution in [3.05, 3.63) is 93.0 Å². The van der Waals surface area contributed by atoms with Gasteiger partial charge in [-0.25, -0.2) is 14.5 Å². The topological polar surface area (TPSA) is 122 Å². The summed E-state index contributed by atoms with van der Waals surface area (Å²) in [7, 11) is 1.44. The first kappa shape index (κ1) is 25.6. The number of carboxylic acid groups (broad SMARTS) is 1. The molecule has 9 nitrogen and oxygen atoms in total. The normalized spacial score (nSPS) is 14.5. The highest BCUT2D eigenvalue weighted by atomic mass is 79.9. The number of carbonyl (C=O) groups is 4. The number of halogens is 1. The number of hydrogen-bond acceptors (Lipinski definition) is 6. The number of barbiturate groups is 1. The molecule has 0 aliphatic carbocycles. The first-order valence-corrected chi connectivity index (χ1v) is 11.8. The summed E-state index contributed by atoms with van der Waals surface area (Å²) in [6.07, 6.45) is 1.36. The zero-order valence-corrected chi connectivity index (χ0v) is 21.4. The van der Waals surface area contributed by atoms with Crippen LogP contribution < -0.4 is 19.7 Å². The summed E-state index contributed by atoms with van der Waals surface area (Å²) in [6.45, 7) is 1.95. The lowest BCUT2D eigenvalue weighted by Crippen LogP contribution is -2.54. The van der Waals surface area contributed by atoms with Gasteiger partial charge < -0.3 is 14.6 Å². The fourth-order valence-electron chi connectivity index (χ4n) is 3.67. The molecule has 188 valence electrons. The van der Waals surface area contributed by atoms with Crippen molar-refractivity contribution in [3.63, 3.8) is 0 Å². The van der Waals surface area contributed by atoms with Crippen LogP contribution in [-0.4, -0.2) is 36.0 Å². The smallest absolute Gasteiger partial charge is 0.335 e. The van der Waals surface area contributed by atoms with Crippen molar-refractivity contribution in [2.24, 2.45) is 0 Å². The number of anilines is 1. The highest BCUT2D eigenvalue weighted by molar-refractivity contribution is 9.10. The van der Waals surface area contributed by atoms with Gasteiger partial charge >= 0.3 is 12.0 Å². The van der Waals surface area contributed by atoms with Gasteiger partial charge in [0.15, 0.2) is 11.5 Å². The third-order valence-electron chi connectivity index (χ3n) is 5.51. The minimum Gasteiger partial charge on any atom is -0.493 e. The van der Waals surface area contributed by atoms with Gasteiger partial charge in [-0.05, 0) is 76.5 Å². The summed E-state index contributed by atoms with van der Waals surface area (Å²) in [6, 6.07) is 15.5. The van der Waals surface area contributed by atoms with Crippen LogP contribution in [0.3, 0.4) is 0 Å². The summed E-state index contributed by atoms with van der Waals surface area (Å²) >= 11 is 3.43. The van der Waals surface area contributed by atoms with E-state index in [1.54, 1.807) is 48.5 Å². The fraction of sp³-hybridized carbons (Fsp3) is 0.111. The van der Waals surface area contributed by atoms with Crippen LogP contribution >= 0.6 is 15.9 Å². The van der Waals surface area contributed by atoms with Crippen LogP contribution in [0.4, 0.5) is 10.5 Å². The molecule has 0 radical (unpaired) electrons. The Kier molecular flexibility index (Phi) is 7.40. The SMILES string of the molecule is COc1cc(C=C2C(=O)NC(=O)N(c3ccc(C)cc3)C2=O)cc(Br)c1OCc1cccc(C(=O)O)c1. The van der Waals surface area contributed by atoms with E-state index in [1.807, 2.05) is 6.92 Å². The average molecular weight is 565 g/mol. The molecular formula is C27H21BrN2O7. The molecule has 1 heterocycles. The number of carbonyl (C=O) groups excluding carboxylic acids is 3. The number of benzene rings is 3. The molecule has 1 aliphatic heterocycles. The average Bonchev–Trinajstić information content (AvgIpc) is 2.86. The molecule has 0 aromatic heterocycles. The number of aryl methyl sites for hydroxylation is 1. The largest absolute Gasteiger partial charge is 0.493 e. The van der Waals surface area contributed by atoms with E-state index in [0.717, 1.165) is 10.5 Å². The Bertz CT molecular complexity index is 1450. The number of nitrogens with zero attached hydrogens (tertiary/aromatic N) is 1. The second-order valence-electron chi connectivity index (χ2n) is 8.12. The Balaban J connectivity index is 1.62. The van der Waals surface area contributed by atoms with E-state index in [-0.39, 0.29) is 17.7 Å². The fourth-order valence-corrected chi connectivity index (χ4v) is 4.24. The monoisotopic (exact) mass is 564 g/mol. The van der Waals surface area contributed by atoms with Gasteiger partial charge in [0.05, 0.1) is 22.8 Å². The molecule has 0 spiro atoms. The van der Waals surface area contributed by atoms with Crippen molar-refractivity contribution in [2.45, 2.75) is 13.5 Å². The second kappa shape index (κ2) is 10.7. The number of carboxylic acids is 1. The molecule has 2 N–H and O–H groups in total. The van der Waals surface area contributed by atoms with Gasteiger partial charge in [0.1, 0.15) is 12.2 Å². The van der Waals surface area contributed by atoms with Gasteiger partial charge in [-0.1, -0.05) is 29.8 Å². The Hall–Kier alpha value is -4.44. The van der Waals surface area contributed by atoms with Gasteiger partial charge in [0, 0.05) is 0 Å². The number of aromatic carboxylic acids is 1. The standard InChI is InChI=1S/C27H21BrN2O7/c1-15-6-8-19(9-7-15)30-25(32)20(24(31)29-27(30)35)11-17-12-21(28)23(22(13-17)36-2)37-14-16-4-3-5-18(10-16)26(33)34/h3-13H,14H2,1-2H3,(H,33,34)(H,29,31,35). The predicted molar refractivity (Wildman–Crippen MR) is 139 cm³/mol. The number of ether oxygens (including phenoxy) is 2. The quantitative estimate of drug-likeness (QED) is 0.314. The molecule has 0 bridgehead atoms. The van der Waals surface area contributed by atoms with Crippen LogP contribution in [0.25, 0.3) is 6.08 Å². The Morgan fingerprint density at radius 2 is 1.81 bits per heavy atom. The highest BCUT2D eigenvalue weighted by Gasteiger charge is 2.36. The molecule has 1 aliphatic rings. The first-order valence-electron chi connectivity index (χ1n) is 11.0. The summed E-state index contributed by atoms with van der Waals surface area (Å²) < 4.78 is 11.8. The lowest BCUT2D eigenvalue weighted by molar-refractivity contribution is -0.122. The molecule has 1 fully saturated rings. The number of amides is 4. The van der Waals surface area contributed by atoms with Crippen molar-refractivity contribution >= 4 is 51.5 Å². The molecule has 3 aromatic carbocycles. The van der Waals surface area contributed by atoms with Crippen LogP contribution in [0.15, 0.2) is 70.7 Å². The zero-order valence-electron chi connectivity index (χ0n) is 19.8. The van der Waals surface area contributed by atoms with E-state index < -0.39 is 23.8 Å². The summed E-state index contributed by atoms with van der Waals surface area (Å²) in [5.74, 6) is -1.95. The molecule has 3 aromatic rings. The first-order chi connectivity index (χ1) is 17.7. The van der Waals surface area contributed by atoms with E-state index >= 15 is 0 Å². The molecule has 10 heteroatoms. The zero-order chi connectivity index (χ0) is 26.7. The van der Waals surface area contributed by atoms with Crippen molar-refractivity contribution < 1.29 is 33.8 Å². The van der Waals surface area contributed by atoms with Crippen LogP contribution in [0, 0.1) is 6.92 Å². The number of hydrogen-bond donors (Lipinski definition) is 2. The van der Waals surface area contributed by atoms with Gasteiger partial charge in [-0.2, -0.15) is 0 Å². The maximum absolute atomic E-state index is 13.1. The molecule has 37 heavy (non-hydrogen) atoms.